The smallest absolute Gasteiger partial charge is 0.307 e. The molecule has 0 N–H and O–H groups in total. The fourth-order valence-electron chi connectivity index (χ4n) is 3.78. The van der Waals surface area contributed by atoms with Crippen LogP contribution < -0.4 is 4.90 Å². The largest absolute Gasteiger partial charge is 0.460 e. The standard InChI is InChI=1S/C24H38N2O3/c1-22(2,3)18-11-9-10-12-19(18)25-13-15-26(16-14-25)21(28)24(7,8)17-20(27)29-23(4,5)6/h9-12H,13-17H2,1-8H3. The highest BCUT2D eigenvalue weighted by Gasteiger charge is 2.37. The van der Waals surface area contributed by atoms with E-state index in [0.29, 0.717) is 13.1 Å². The van der Waals surface area contributed by atoms with Gasteiger partial charge in [-0.25, -0.2) is 0 Å². The van der Waals surface area contributed by atoms with E-state index in [2.05, 4.69) is 49.9 Å². The van der Waals surface area contributed by atoms with Crippen LogP contribution >= 0.6 is 0 Å². The third-order valence-electron chi connectivity index (χ3n) is 5.20. The number of rotatable bonds is 4. The van der Waals surface area contributed by atoms with Crippen molar-refractivity contribution in [2.24, 2.45) is 5.41 Å². The van der Waals surface area contributed by atoms with Crippen molar-refractivity contribution in [2.45, 2.75) is 72.8 Å². The van der Waals surface area contributed by atoms with Crippen molar-refractivity contribution in [3.8, 4) is 0 Å². The fraction of sp³-hybridized carbons (Fsp3) is 0.667. The molecular formula is C24H38N2O3. The SMILES string of the molecule is CC(C)(C)OC(=O)CC(C)(C)C(=O)N1CCN(c2ccccc2C(C)(C)C)CC1. The molecule has 0 spiro atoms. The maximum atomic E-state index is 13.1. The first kappa shape index (κ1) is 23.2. The van der Waals surface area contributed by atoms with E-state index in [-0.39, 0.29) is 23.7 Å². The predicted molar refractivity (Wildman–Crippen MR) is 118 cm³/mol. The van der Waals surface area contributed by atoms with E-state index in [9.17, 15) is 9.59 Å². The summed E-state index contributed by atoms with van der Waals surface area (Å²) >= 11 is 0. The summed E-state index contributed by atoms with van der Waals surface area (Å²) in [5.74, 6) is -0.305. The van der Waals surface area contributed by atoms with Gasteiger partial charge in [-0.3, -0.25) is 9.59 Å². The van der Waals surface area contributed by atoms with Crippen LogP contribution in [0.4, 0.5) is 5.69 Å². The molecule has 1 fully saturated rings. The molecular weight excluding hydrogens is 364 g/mol. The zero-order valence-electron chi connectivity index (χ0n) is 19.5. The normalized spacial score (nSPS) is 16.0. The zero-order chi connectivity index (χ0) is 22.0. The first-order valence-corrected chi connectivity index (χ1v) is 10.6. The summed E-state index contributed by atoms with van der Waals surface area (Å²) in [5.41, 5.74) is 1.33. The van der Waals surface area contributed by atoms with Crippen molar-refractivity contribution in [2.75, 3.05) is 31.1 Å². The predicted octanol–water partition coefficient (Wildman–Crippen LogP) is 4.39. The van der Waals surface area contributed by atoms with Gasteiger partial charge in [0.05, 0.1) is 11.8 Å². The minimum atomic E-state index is -0.770. The van der Waals surface area contributed by atoms with Gasteiger partial charge in [0, 0.05) is 31.9 Å². The molecule has 1 amide bonds. The summed E-state index contributed by atoms with van der Waals surface area (Å²) < 4.78 is 5.41. The number of para-hydroxylation sites is 1. The Morgan fingerprint density at radius 2 is 1.45 bits per heavy atom. The Labute approximate surface area is 176 Å². The highest BCUT2D eigenvalue weighted by Crippen LogP contribution is 2.33. The minimum absolute atomic E-state index is 0.0205. The Bertz CT molecular complexity index is 733. The van der Waals surface area contributed by atoms with Gasteiger partial charge < -0.3 is 14.5 Å². The van der Waals surface area contributed by atoms with E-state index >= 15 is 0 Å². The first-order valence-electron chi connectivity index (χ1n) is 10.6. The molecule has 1 aliphatic rings. The lowest BCUT2D eigenvalue weighted by molar-refractivity contribution is -0.161. The molecule has 0 aromatic heterocycles. The van der Waals surface area contributed by atoms with Crippen molar-refractivity contribution >= 4 is 17.6 Å². The third-order valence-corrected chi connectivity index (χ3v) is 5.20. The molecule has 5 heteroatoms. The van der Waals surface area contributed by atoms with Crippen LogP contribution in [0.5, 0.6) is 0 Å². The van der Waals surface area contributed by atoms with Crippen molar-refractivity contribution in [1.82, 2.24) is 4.90 Å². The fourth-order valence-corrected chi connectivity index (χ4v) is 3.78. The quantitative estimate of drug-likeness (QED) is 0.701. The number of amides is 1. The van der Waals surface area contributed by atoms with Crippen molar-refractivity contribution in [3.63, 3.8) is 0 Å². The van der Waals surface area contributed by atoms with Crippen molar-refractivity contribution in [3.05, 3.63) is 29.8 Å². The van der Waals surface area contributed by atoms with Crippen LogP contribution in [-0.4, -0.2) is 48.6 Å². The van der Waals surface area contributed by atoms with Gasteiger partial charge >= 0.3 is 5.97 Å². The number of carbonyl (C=O) groups is 2. The summed E-state index contributed by atoms with van der Waals surface area (Å²) in [7, 11) is 0. The van der Waals surface area contributed by atoms with Crippen molar-refractivity contribution in [1.29, 1.82) is 0 Å². The highest BCUT2D eigenvalue weighted by molar-refractivity contribution is 5.87. The van der Waals surface area contributed by atoms with Crippen LogP contribution in [0.25, 0.3) is 0 Å². The lowest BCUT2D eigenvalue weighted by Gasteiger charge is -2.41. The highest BCUT2D eigenvalue weighted by atomic mass is 16.6. The van der Waals surface area contributed by atoms with Gasteiger partial charge in [0.15, 0.2) is 0 Å². The summed E-state index contributed by atoms with van der Waals surface area (Å²) in [6.45, 7) is 18.8. The molecule has 1 aromatic carbocycles. The lowest BCUT2D eigenvalue weighted by Crippen LogP contribution is -2.53. The summed E-state index contributed by atoms with van der Waals surface area (Å²) in [6.07, 6.45) is 0.0934. The van der Waals surface area contributed by atoms with Crippen molar-refractivity contribution < 1.29 is 14.3 Å². The number of carbonyl (C=O) groups excluding carboxylic acids is 2. The maximum Gasteiger partial charge on any atom is 0.307 e. The molecule has 162 valence electrons. The first-order chi connectivity index (χ1) is 13.2. The van der Waals surface area contributed by atoms with Gasteiger partial charge in [0.25, 0.3) is 0 Å². The second-order valence-corrected chi connectivity index (χ2v) is 10.7. The number of esters is 1. The molecule has 1 saturated heterocycles. The topological polar surface area (TPSA) is 49.9 Å². The van der Waals surface area contributed by atoms with Crippen LogP contribution in [0.2, 0.25) is 0 Å². The molecule has 1 aliphatic heterocycles. The number of nitrogens with zero attached hydrogens (tertiary/aromatic N) is 2. The molecule has 29 heavy (non-hydrogen) atoms. The number of anilines is 1. The van der Waals surface area contributed by atoms with E-state index in [0.717, 1.165) is 13.1 Å². The molecule has 0 saturated carbocycles. The molecule has 1 heterocycles. The molecule has 0 bridgehead atoms. The monoisotopic (exact) mass is 402 g/mol. The van der Waals surface area contributed by atoms with E-state index in [1.54, 1.807) is 0 Å². The molecule has 0 aliphatic carbocycles. The summed E-state index contributed by atoms with van der Waals surface area (Å²) in [5, 5.41) is 0. The second kappa shape index (κ2) is 8.37. The lowest BCUT2D eigenvalue weighted by atomic mass is 9.85. The van der Waals surface area contributed by atoms with E-state index in [4.69, 9.17) is 4.74 Å². The number of hydrogen-bond acceptors (Lipinski definition) is 4. The van der Waals surface area contributed by atoms with E-state index < -0.39 is 11.0 Å². The number of ether oxygens (including phenoxy) is 1. The zero-order valence-corrected chi connectivity index (χ0v) is 19.5. The molecule has 2 rings (SSSR count). The van der Waals surface area contributed by atoms with Gasteiger partial charge in [0.1, 0.15) is 5.60 Å². The average Bonchev–Trinajstić information content (AvgIpc) is 2.58. The molecule has 5 nitrogen and oxygen atoms in total. The second-order valence-electron chi connectivity index (χ2n) is 10.7. The summed E-state index contributed by atoms with van der Waals surface area (Å²) in [4.78, 5) is 29.6. The Morgan fingerprint density at radius 3 is 1.97 bits per heavy atom. The van der Waals surface area contributed by atoms with Crippen LogP contribution in [0.15, 0.2) is 24.3 Å². The van der Waals surface area contributed by atoms with E-state index in [1.807, 2.05) is 39.5 Å². The van der Waals surface area contributed by atoms with Crippen LogP contribution in [0.1, 0.15) is 67.4 Å². The Morgan fingerprint density at radius 1 is 0.897 bits per heavy atom. The third kappa shape index (κ3) is 6.22. The van der Waals surface area contributed by atoms with Gasteiger partial charge in [-0.2, -0.15) is 0 Å². The Kier molecular flexibility index (Phi) is 6.71. The van der Waals surface area contributed by atoms with Gasteiger partial charge in [-0.05, 0) is 37.8 Å². The Balaban J connectivity index is 2.02. The molecule has 0 unspecified atom stereocenters. The molecule has 1 aromatic rings. The minimum Gasteiger partial charge on any atom is -0.460 e. The van der Waals surface area contributed by atoms with Gasteiger partial charge in [-0.1, -0.05) is 52.8 Å². The van der Waals surface area contributed by atoms with Crippen LogP contribution in [-0.2, 0) is 19.7 Å². The molecule has 0 atom stereocenters. The van der Waals surface area contributed by atoms with Gasteiger partial charge in [-0.15, -0.1) is 0 Å². The Hall–Kier alpha value is -2.04. The number of benzene rings is 1. The van der Waals surface area contributed by atoms with E-state index in [1.165, 1.54) is 11.3 Å². The summed E-state index contributed by atoms with van der Waals surface area (Å²) in [6, 6.07) is 8.52. The number of piperazine rings is 1. The molecule has 0 radical (unpaired) electrons. The number of hydrogen-bond donors (Lipinski definition) is 0. The average molecular weight is 403 g/mol. The van der Waals surface area contributed by atoms with Gasteiger partial charge in [0.2, 0.25) is 5.91 Å². The maximum absolute atomic E-state index is 13.1. The van der Waals surface area contributed by atoms with Crippen LogP contribution in [0, 0.1) is 5.41 Å². The van der Waals surface area contributed by atoms with Crippen LogP contribution in [0.3, 0.4) is 0 Å².